The van der Waals surface area contributed by atoms with E-state index < -0.39 is 9.84 Å². The summed E-state index contributed by atoms with van der Waals surface area (Å²) in [4.78, 5) is 0.539. The van der Waals surface area contributed by atoms with Gasteiger partial charge in [-0.05, 0) is 101 Å². The largest absolute Gasteiger partial charge is 0.309 e. The van der Waals surface area contributed by atoms with Crippen LogP contribution in [0.2, 0.25) is 0 Å². The zero-order valence-corrected chi connectivity index (χ0v) is 29.4. The first-order chi connectivity index (χ1) is 26.0. The van der Waals surface area contributed by atoms with E-state index in [1.165, 1.54) is 16.2 Å². The van der Waals surface area contributed by atoms with Gasteiger partial charge in [-0.3, -0.25) is 0 Å². The van der Waals surface area contributed by atoms with Gasteiger partial charge in [0.05, 0.1) is 31.9 Å². The molecule has 0 aliphatic heterocycles. The highest BCUT2D eigenvalue weighted by atomic mass is 32.2. The molecule has 0 fully saturated rings. The first-order valence-electron chi connectivity index (χ1n) is 17.7. The smallest absolute Gasteiger partial charge is 0.206 e. The number of benzene rings is 8. The molecule has 5 heteroatoms. The summed E-state index contributed by atoms with van der Waals surface area (Å²) in [6.07, 6.45) is 0. The molecule has 0 amide bonds. The minimum Gasteiger partial charge on any atom is -0.309 e. The molecule has 0 bridgehead atoms. The topological polar surface area (TPSA) is 44.0 Å². The molecule has 0 N–H and O–H groups in total. The van der Waals surface area contributed by atoms with Gasteiger partial charge in [-0.1, -0.05) is 115 Å². The molecule has 4 nitrogen and oxygen atoms in total. The lowest BCUT2D eigenvalue weighted by molar-refractivity contribution is 0.596. The molecule has 53 heavy (non-hydrogen) atoms. The maximum Gasteiger partial charge on any atom is 0.206 e. The summed E-state index contributed by atoms with van der Waals surface area (Å²) in [7, 11) is -3.71. The third-order valence-electron chi connectivity index (χ3n) is 10.4. The van der Waals surface area contributed by atoms with Crippen molar-refractivity contribution in [1.29, 1.82) is 0 Å². The van der Waals surface area contributed by atoms with E-state index in [2.05, 4.69) is 149 Å². The van der Waals surface area contributed by atoms with Crippen LogP contribution in [0.4, 0.5) is 0 Å². The van der Waals surface area contributed by atoms with Crippen LogP contribution in [0.1, 0.15) is 0 Å². The molecule has 0 radical (unpaired) electrons. The van der Waals surface area contributed by atoms with E-state index in [0.29, 0.717) is 0 Å². The Labute approximate surface area is 307 Å². The Bertz CT molecular complexity index is 3030. The fraction of sp³-hybridized carbons (Fsp3) is 0. The monoisotopic (exact) mass is 700 g/mol. The van der Waals surface area contributed by atoms with Crippen molar-refractivity contribution in [2.75, 3.05) is 0 Å². The number of hydrogen-bond acceptors (Lipinski definition) is 2. The summed E-state index contributed by atoms with van der Waals surface area (Å²) in [6, 6.07) is 65.1. The molecule has 0 spiro atoms. The lowest BCUT2D eigenvalue weighted by Gasteiger charge is -2.10. The Hall–Kier alpha value is -6.69. The lowest BCUT2D eigenvalue weighted by Crippen LogP contribution is -2.01. The first-order valence-corrected chi connectivity index (χ1v) is 19.2. The summed E-state index contributed by atoms with van der Waals surface area (Å²) in [5.74, 6) is 0. The van der Waals surface area contributed by atoms with Crippen LogP contribution in [-0.2, 0) is 9.84 Å². The second kappa shape index (κ2) is 12.2. The van der Waals surface area contributed by atoms with Crippen LogP contribution >= 0.6 is 0 Å². The summed E-state index contributed by atoms with van der Waals surface area (Å²) in [5, 5.41) is 4.78. The molecule has 252 valence electrons. The number of sulfone groups is 1. The van der Waals surface area contributed by atoms with E-state index in [9.17, 15) is 8.42 Å². The second-order valence-electron chi connectivity index (χ2n) is 13.4. The Kier molecular flexibility index (Phi) is 7.17. The van der Waals surface area contributed by atoms with Gasteiger partial charge in [-0.2, -0.15) is 0 Å². The minimum atomic E-state index is -3.71. The van der Waals surface area contributed by atoms with Crippen LogP contribution in [0.15, 0.2) is 204 Å². The molecule has 0 atom stereocenters. The Balaban J connectivity index is 0.923. The first kappa shape index (κ1) is 31.1. The minimum absolute atomic E-state index is 0.269. The van der Waals surface area contributed by atoms with Crippen molar-refractivity contribution < 1.29 is 8.42 Å². The number of para-hydroxylation sites is 4. The SMILES string of the molecule is O=S(=O)(c1ccc(-c2ccc(-n3c4ccccc4c4ccccc43)cc2)cc1)c1ccc(-c2ccc3c(c2)c2ccccc2n3-c2ccccc2)cc1. The number of aromatic nitrogens is 2. The van der Waals surface area contributed by atoms with Crippen molar-refractivity contribution in [2.24, 2.45) is 0 Å². The van der Waals surface area contributed by atoms with Crippen LogP contribution < -0.4 is 0 Å². The van der Waals surface area contributed by atoms with Crippen LogP contribution in [-0.4, -0.2) is 17.6 Å². The maximum atomic E-state index is 13.8. The number of fused-ring (bicyclic) bond motifs is 6. The molecule has 0 unspecified atom stereocenters. The molecule has 2 aromatic heterocycles. The second-order valence-corrected chi connectivity index (χ2v) is 15.3. The lowest BCUT2D eigenvalue weighted by atomic mass is 10.0. The van der Waals surface area contributed by atoms with E-state index in [1.54, 1.807) is 24.3 Å². The number of hydrogen-bond donors (Lipinski definition) is 0. The number of rotatable bonds is 6. The van der Waals surface area contributed by atoms with Gasteiger partial charge >= 0.3 is 0 Å². The molecule has 10 aromatic rings. The molecule has 8 aromatic carbocycles. The molecule has 10 rings (SSSR count). The summed E-state index contributed by atoms with van der Waals surface area (Å²) >= 11 is 0. The Morgan fingerprint density at radius 1 is 0.302 bits per heavy atom. The van der Waals surface area contributed by atoms with E-state index in [1.807, 2.05) is 30.3 Å². The van der Waals surface area contributed by atoms with Crippen molar-refractivity contribution >= 4 is 53.4 Å². The van der Waals surface area contributed by atoms with Gasteiger partial charge in [-0.25, -0.2) is 8.42 Å². The zero-order chi connectivity index (χ0) is 35.5. The molecule has 2 heterocycles. The van der Waals surface area contributed by atoms with Gasteiger partial charge in [0.15, 0.2) is 0 Å². The van der Waals surface area contributed by atoms with Crippen LogP contribution in [0.5, 0.6) is 0 Å². The Morgan fingerprint density at radius 2 is 0.660 bits per heavy atom. The molecule has 0 saturated carbocycles. The normalized spacial score (nSPS) is 11.9. The highest BCUT2D eigenvalue weighted by Crippen LogP contribution is 2.36. The maximum absolute atomic E-state index is 13.8. The average Bonchev–Trinajstić information content (AvgIpc) is 3.74. The van der Waals surface area contributed by atoms with Gasteiger partial charge in [0.1, 0.15) is 0 Å². The Morgan fingerprint density at radius 3 is 1.17 bits per heavy atom. The molecule has 0 aliphatic carbocycles. The fourth-order valence-corrected chi connectivity index (χ4v) is 9.06. The van der Waals surface area contributed by atoms with Crippen molar-refractivity contribution in [3.05, 3.63) is 194 Å². The molecule has 0 aliphatic rings. The van der Waals surface area contributed by atoms with Gasteiger partial charge < -0.3 is 9.13 Å². The van der Waals surface area contributed by atoms with Gasteiger partial charge in [-0.15, -0.1) is 0 Å². The van der Waals surface area contributed by atoms with E-state index in [0.717, 1.165) is 61.1 Å². The van der Waals surface area contributed by atoms with Crippen molar-refractivity contribution in [3.63, 3.8) is 0 Å². The van der Waals surface area contributed by atoms with E-state index in [4.69, 9.17) is 0 Å². The van der Waals surface area contributed by atoms with Gasteiger partial charge in [0.2, 0.25) is 9.84 Å². The third-order valence-corrected chi connectivity index (χ3v) is 12.2. The third kappa shape index (κ3) is 5.08. The zero-order valence-electron chi connectivity index (χ0n) is 28.6. The summed E-state index contributed by atoms with van der Waals surface area (Å²) in [6.45, 7) is 0. The van der Waals surface area contributed by atoms with Crippen LogP contribution in [0.3, 0.4) is 0 Å². The van der Waals surface area contributed by atoms with Crippen molar-refractivity contribution in [1.82, 2.24) is 9.13 Å². The standard InChI is InChI=1S/C48H32N2O2S/c51-53(52,39-27-20-34(21-28-39)33-18-25-38(26-19-33)50-45-15-7-4-12-41(45)42-13-5-8-16-46(42)50)40-29-22-35(23-30-40)36-24-31-48-44(32-36)43-14-6-9-17-47(43)49(48)37-10-2-1-3-11-37/h1-32H. The predicted octanol–water partition coefficient (Wildman–Crippen LogP) is 12.0. The van der Waals surface area contributed by atoms with E-state index >= 15 is 0 Å². The quantitative estimate of drug-likeness (QED) is 0.173. The van der Waals surface area contributed by atoms with Crippen LogP contribution in [0.25, 0.3) is 77.2 Å². The highest BCUT2D eigenvalue weighted by Gasteiger charge is 2.19. The fourth-order valence-electron chi connectivity index (χ4n) is 7.80. The van der Waals surface area contributed by atoms with E-state index in [-0.39, 0.29) is 9.79 Å². The predicted molar refractivity (Wildman–Crippen MR) is 218 cm³/mol. The van der Waals surface area contributed by atoms with Gasteiger partial charge in [0.25, 0.3) is 0 Å². The molecular formula is C48H32N2O2S. The molecule has 0 saturated heterocycles. The number of nitrogens with zero attached hydrogens (tertiary/aromatic N) is 2. The molecular weight excluding hydrogens is 669 g/mol. The summed E-state index contributed by atoms with van der Waals surface area (Å²) < 4.78 is 32.1. The van der Waals surface area contributed by atoms with Crippen molar-refractivity contribution in [3.8, 4) is 33.6 Å². The van der Waals surface area contributed by atoms with Crippen LogP contribution in [0, 0.1) is 0 Å². The summed E-state index contributed by atoms with van der Waals surface area (Å²) in [5.41, 5.74) is 10.8. The van der Waals surface area contributed by atoms with Gasteiger partial charge in [0, 0.05) is 32.9 Å². The highest BCUT2D eigenvalue weighted by molar-refractivity contribution is 7.91. The van der Waals surface area contributed by atoms with Crippen molar-refractivity contribution in [2.45, 2.75) is 9.79 Å². The average molecular weight is 701 g/mol.